The number of aromatic nitrogens is 3. The topological polar surface area (TPSA) is 65.5 Å². The molecule has 6 rings (SSSR count). The fourth-order valence-corrected chi connectivity index (χ4v) is 4.87. The molecule has 0 spiro atoms. The molecular weight excluding hydrogens is 352 g/mol. The fraction of sp³-hybridized carbons (Fsp3) is 0.524. The van der Waals surface area contributed by atoms with Crippen LogP contribution in [0, 0.1) is 5.92 Å². The molecule has 0 aromatic carbocycles. The van der Waals surface area contributed by atoms with Gasteiger partial charge >= 0.3 is 0 Å². The molecule has 28 heavy (non-hydrogen) atoms. The lowest BCUT2D eigenvalue weighted by molar-refractivity contribution is -0.0131. The normalized spacial score (nSPS) is 27.7. The fourth-order valence-electron chi connectivity index (χ4n) is 4.87. The summed E-state index contributed by atoms with van der Waals surface area (Å²) in [5, 5.41) is 0. The molecule has 1 atom stereocenters. The maximum absolute atomic E-state index is 12.9. The average Bonchev–Trinajstić information content (AvgIpc) is 2.80. The van der Waals surface area contributed by atoms with Crippen LogP contribution in [0.4, 0.5) is 0 Å². The first-order chi connectivity index (χ1) is 13.8. The van der Waals surface area contributed by atoms with Crippen molar-refractivity contribution in [2.75, 3.05) is 45.8 Å². The summed E-state index contributed by atoms with van der Waals surface area (Å²) in [5.41, 5.74) is 1.41. The van der Waals surface area contributed by atoms with Gasteiger partial charge in [0.05, 0.1) is 5.56 Å². The van der Waals surface area contributed by atoms with Gasteiger partial charge in [-0.1, -0.05) is 0 Å². The minimum Gasteiger partial charge on any atom is -0.336 e. The number of rotatable bonds is 3. The van der Waals surface area contributed by atoms with Gasteiger partial charge in [-0.3, -0.25) is 14.7 Å². The monoisotopic (exact) mass is 378 g/mol. The smallest absolute Gasteiger partial charge is 0.257 e. The van der Waals surface area contributed by atoms with Crippen molar-refractivity contribution in [2.45, 2.75) is 18.9 Å². The Hall–Kier alpha value is -2.38. The molecule has 0 radical (unpaired) electrons. The highest BCUT2D eigenvalue weighted by Crippen LogP contribution is 2.31. The van der Waals surface area contributed by atoms with E-state index in [0.29, 0.717) is 17.4 Å². The molecule has 6 heterocycles. The van der Waals surface area contributed by atoms with Crippen LogP contribution in [0.5, 0.6) is 0 Å². The summed E-state index contributed by atoms with van der Waals surface area (Å²) in [4.78, 5) is 32.8. The van der Waals surface area contributed by atoms with Crippen LogP contribution >= 0.6 is 0 Å². The molecular formula is C21H26N6O. The first kappa shape index (κ1) is 17.7. The molecule has 146 valence electrons. The Bertz CT molecular complexity index is 811. The Kier molecular flexibility index (Phi) is 4.78. The minimum atomic E-state index is 0.0336. The number of piperazine rings is 1. The van der Waals surface area contributed by atoms with E-state index in [2.05, 4.69) is 24.8 Å². The first-order valence-electron chi connectivity index (χ1n) is 10.3. The van der Waals surface area contributed by atoms with Gasteiger partial charge in [0.25, 0.3) is 5.91 Å². The van der Waals surface area contributed by atoms with Crippen LogP contribution in [0.3, 0.4) is 0 Å². The standard InChI is InChI=1S/C21H26N6O/c28-21(18-13-23-20(24-14-18)17-2-1-5-22-12-17)27-10-8-26(9-11-27)19-15-25-6-3-16(19)4-7-25/h1-2,5,12-14,16,19H,3-4,6-11,15H2/t19-/m0/s1. The van der Waals surface area contributed by atoms with Gasteiger partial charge < -0.3 is 9.80 Å². The van der Waals surface area contributed by atoms with Gasteiger partial charge in [0.1, 0.15) is 0 Å². The van der Waals surface area contributed by atoms with Crippen LogP contribution in [0.1, 0.15) is 23.2 Å². The van der Waals surface area contributed by atoms with Crippen LogP contribution in [0.25, 0.3) is 11.4 Å². The Labute approximate surface area is 165 Å². The number of fused-ring (bicyclic) bond motifs is 3. The van der Waals surface area contributed by atoms with Crippen molar-refractivity contribution in [1.82, 2.24) is 29.7 Å². The second kappa shape index (κ2) is 7.56. The maximum atomic E-state index is 12.9. The highest BCUT2D eigenvalue weighted by Gasteiger charge is 2.38. The van der Waals surface area contributed by atoms with Crippen molar-refractivity contribution in [3.8, 4) is 11.4 Å². The molecule has 2 bridgehead atoms. The molecule has 0 N–H and O–H groups in total. The highest BCUT2D eigenvalue weighted by molar-refractivity contribution is 5.93. The second-order valence-corrected chi connectivity index (χ2v) is 8.07. The van der Waals surface area contributed by atoms with Crippen LogP contribution < -0.4 is 0 Å². The van der Waals surface area contributed by atoms with E-state index in [4.69, 9.17) is 0 Å². The Balaban J connectivity index is 1.20. The number of hydrogen-bond donors (Lipinski definition) is 0. The minimum absolute atomic E-state index is 0.0336. The molecule has 7 nitrogen and oxygen atoms in total. The molecule has 0 saturated carbocycles. The van der Waals surface area contributed by atoms with Gasteiger partial charge in [0.15, 0.2) is 5.82 Å². The Morgan fingerprint density at radius 3 is 2.32 bits per heavy atom. The number of pyridine rings is 1. The van der Waals surface area contributed by atoms with E-state index in [9.17, 15) is 4.79 Å². The zero-order valence-corrected chi connectivity index (χ0v) is 16.1. The summed E-state index contributed by atoms with van der Waals surface area (Å²) in [6.45, 7) is 7.26. The SMILES string of the molecule is O=C(c1cnc(-c2cccnc2)nc1)N1CCN([C@H]2CN3CCC2CC3)CC1. The number of carbonyl (C=O) groups excluding carboxylic acids is 1. The summed E-state index contributed by atoms with van der Waals surface area (Å²) in [7, 11) is 0. The highest BCUT2D eigenvalue weighted by atomic mass is 16.2. The van der Waals surface area contributed by atoms with E-state index >= 15 is 0 Å². The molecule has 4 aliphatic rings. The van der Waals surface area contributed by atoms with Gasteiger partial charge in [0, 0.05) is 69.1 Å². The summed E-state index contributed by atoms with van der Waals surface area (Å²) < 4.78 is 0. The van der Waals surface area contributed by atoms with Crippen LogP contribution in [0.15, 0.2) is 36.9 Å². The molecule has 4 saturated heterocycles. The molecule has 4 fully saturated rings. The molecule has 2 aromatic heterocycles. The predicted molar refractivity (Wildman–Crippen MR) is 106 cm³/mol. The van der Waals surface area contributed by atoms with Crippen molar-refractivity contribution in [3.05, 3.63) is 42.5 Å². The molecule has 0 unspecified atom stereocenters. The zero-order chi connectivity index (χ0) is 18.9. The van der Waals surface area contributed by atoms with Gasteiger partial charge in [-0.2, -0.15) is 0 Å². The lowest BCUT2D eigenvalue weighted by Crippen LogP contribution is -2.61. The summed E-state index contributed by atoms with van der Waals surface area (Å²) in [5.74, 6) is 1.48. The van der Waals surface area contributed by atoms with Crippen LogP contribution in [0.2, 0.25) is 0 Å². The van der Waals surface area contributed by atoms with Crippen molar-refractivity contribution in [1.29, 1.82) is 0 Å². The van der Waals surface area contributed by atoms with E-state index in [1.165, 1.54) is 32.5 Å². The lowest BCUT2D eigenvalue weighted by Gasteiger charge is -2.51. The Morgan fingerprint density at radius 1 is 0.964 bits per heavy atom. The van der Waals surface area contributed by atoms with Crippen molar-refractivity contribution in [3.63, 3.8) is 0 Å². The molecule has 7 heteroatoms. The maximum Gasteiger partial charge on any atom is 0.257 e. The third-order valence-corrected chi connectivity index (χ3v) is 6.51. The average molecular weight is 378 g/mol. The van der Waals surface area contributed by atoms with E-state index in [1.54, 1.807) is 24.8 Å². The largest absolute Gasteiger partial charge is 0.336 e. The number of hydrogen-bond acceptors (Lipinski definition) is 6. The van der Waals surface area contributed by atoms with Gasteiger partial charge in [-0.05, 0) is 44.0 Å². The van der Waals surface area contributed by atoms with Crippen LogP contribution in [-0.2, 0) is 0 Å². The van der Waals surface area contributed by atoms with Gasteiger partial charge in [-0.25, -0.2) is 9.97 Å². The zero-order valence-electron chi connectivity index (χ0n) is 16.1. The van der Waals surface area contributed by atoms with E-state index in [1.807, 2.05) is 17.0 Å². The van der Waals surface area contributed by atoms with Gasteiger partial charge in [-0.15, -0.1) is 0 Å². The lowest BCUT2D eigenvalue weighted by atomic mass is 9.83. The first-order valence-corrected chi connectivity index (χ1v) is 10.3. The van der Waals surface area contributed by atoms with Gasteiger partial charge in [0.2, 0.25) is 0 Å². The quantitative estimate of drug-likeness (QED) is 0.804. The molecule has 2 aromatic rings. The Morgan fingerprint density at radius 2 is 1.71 bits per heavy atom. The van der Waals surface area contributed by atoms with E-state index < -0.39 is 0 Å². The molecule has 1 amide bonds. The third kappa shape index (κ3) is 3.40. The van der Waals surface area contributed by atoms with Crippen molar-refractivity contribution >= 4 is 5.91 Å². The van der Waals surface area contributed by atoms with E-state index in [0.717, 1.165) is 37.7 Å². The summed E-state index contributed by atoms with van der Waals surface area (Å²) >= 11 is 0. The number of carbonyl (C=O) groups is 1. The predicted octanol–water partition coefficient (Wildman–Crippen LogP) is 1.39. The number of amides is 1. The number of piperidine rings is 3. The second-order valence-electron chi connectivity index (χ2n) is 8.07. The van der Waals surface area contributed by atoms with E-state index in [-0.39, 0.29) is 5.91 Å². The van der Waals surface area contributed by atoms with Crippen LogP contribution in [-0.4, -0.2) is 87.4 Å². The summed E-state index contributed by atoms with van der Waals surface area (Å²) in [6, 6.07) is 4.45. The number of nitrogens with zero attached hydrogens (tertiary/aromatic N) is 6. The molecule has 0 aliphatic carbocycles. The van der Waals surface area contributed by atoms with Crippen molar-refractivity contribution in [2.24, 2.45) is 5.92 Å². The van der Waals surface area contributed by atoms with Crippen molar-refractivity contribution < 1.29 is 4.79 Å². The summed E-state index contributed by atoms with van der Waals surface area (Å²) in [6.07, 6.45) is 9.39. The third-order valence-electron chi connectivity index (χ3n) is 6.51. The molecule has 4 aliphatic heterocycles.